The Morgan fingerprint density at radius 1 is 1.30 bits per heavy atom. The first-order valence-electron chi connectivity index (χ1n) is 6.13. The predicted molar refractivity (Wildman–Crippen MR) is 78.8 cm³/mol. The summed E-state index contributed by atoms with van der Waals surface area (Å²) in [5.41, 5.74) is 0.0540. The van der Waals surface area contributed by atoms with E-state index in [1.165, 1.54) is 24.3 Å². The van der Waals surface area contributed by atoms with Crippen LogP contribution >= 0.6 is 0 Å². The lowest BCUT2D eigenvalue weighted by Gasteiger charge is -2.35. The van der Waals surface area contributed by atoms with Gasteiger partial charge in [0.15, 0.2) is 0 Å². The van der Waals surface area contributed by atoms with Gasteiger partial charge in [-0.1, -0.05) is 6.08 Å². The largest absolute Gasteiger partial charge is 0.330 e. The van der Waals surface area contributed by atoms with E-state index in [4.69, 9.17) is 5.14 Å². The first-order chi connectivity index (χ1) is 9.07. The van der Waals surface area contributed by atoms with Gasteiger partial charge in [-0.05, 0) is 45.0 Å². The summed E-state index contributed by atoms with van der Waals surface area (Å²) in [6.07, 6.45) is 1.65. The van der Waals surface area contributed by atoms with Crippen LogP contribution in [0.1, 0.15) is 31.1 Å². The number of rotatable bonds is 4. The fourth-order valence-corrected chi connectivity index (χ4v) is 2.25. The Kier molecular flexibility index (Phi) is 4.73. The fraction of sp³-hybridized carbons (Fsp3) is 0.357. The van der Waals surface area contributed by atoms with Crippen molar-refractivity contribution in [1.29, 1.82) is 0 Å². The topological polar surface area (TPSA) is 80.5 Å². The van der Waals surface area contributed by atoms with Crippen LogP contribution in [-0.4, -0.2) is 31.3 Å². The standard InChI is InChI=1S/C14H20N2O3S/c1-5-10-16(14(2,3)4)13(17)11-6-8-12(9-7-11)20(15,18)19/h5-9H,1,10H2,2-4H3,(H2,15,18,19). The molecule has 6 heteroatoms. The quantitative estimate of drug-likeness (QED) is 0.860. The summed E-state index contributed by atoms with van der Waals surface area (Å²) in [5.74, 6) is -0.182. The summed E-state index contributed by atoms with van der Waals surface area (Å²) in [7, 11) is -3.75. The van der Waals surface area contributed by atoms with Gasteiger partial charge in [0.05, 0.1) is 4.90 Å². The van der Waals surface area contributed by atoms with Gasteiger partial charge in [0.1, 0.15) is 0 Å². The molecule has 1 aromatic carbocycles. The Hall–Kier alpha value is -1.66. The smallest absolute Gasteiger partial charge is 0.254 e. The van der Waals surface area contributed by atoms with Crippen molar-refractivity contribution < 1.29 is 13.2 Å². The lowest BCUT2D eigenvalue weighted by Crippen LogP contribution is -2.45. The van der Waals surface area contributed by atoms with E-state index < -0.39 is 10.0 Å². The number of hydrogen-bond acceptors (Lipinski definition) is 3. The Morgan fingerprint density at radius 2 is 1.80 bits per heavy atom. The summed E-state index contributed by atoms with van der Waals surface area (Å²) < 4.78 is 22.4. The van der Waals surface area contributed by atoms with Gasteiger partial charge in [0.2, 0.25) is 10.0 Å². The molecule has 0 fully saturated rings. The second-order valence-electron chi connectivity index (χ2n) is 5.44. The first kappa shape index (κ1) is 16.4. The Bertz CT molecular complexity index is 598. The fourth-order valence-electron chi connectivity index (χ4n) is 1.73. The molecule has 5 nitrogen and oxygen atoms in total. The van der Waals surface area contributed by atoms with Crippen molar-refractivity contribution in [2.24, 2.45) is 5.14 Å². The van der Waals surface area contributed by atoms with Crippen molar-refractivity contribution in [3.8, 4) is 0 Å². The molecule has 0 unspecified atom stereocenters. The lowest BCUT2D eigenvalue weighted by atomic mass is 10.0. The number of amides is 1. The third-order valence-corrected chi connectivity index (χ3v) is 3.73. The van der Waals surface area contributed by atoms with Crippen LogP contribution in [0.4, 0.5) is 0 Å². The number of sulfonamides is 1. The molecule has 0 heterocycles. The number of hydrogen-bond donors (Lipinski definition) is 1. The Labute approximate surface area is 120 Å². The summed E-state index contributed by atoms with van der Waals surface area (Å²) >= 11 is 0. The van der Waals surface area contributed by atoms with E-state index in [0.29, 0.717) is 12.1 Å². The minimum atomic E-state index is -3.75. The zero-order valence-electron chi connectivity index (χ0n) is 12.0. The minimum Gasteiger partial charge on any atom is -0.330 e. The molecule has 0 aliphatic rings. The molecule has 1 rings (SSSR count). The monoisotopic (exact) mass is 296 g/mol. The van der Waals surface area contributed by atoms with E-state index in [9.17, 15) is 13.2 Å². The van der Waals surface area contributed by atoms with E-state index in [-0.39, 0.29) is 16.3 Å². The first-order valence-corrected chi connectivity index (χ1v) is 7.67. The number of carbonyl (C=O) groups is 1. The number of nitrogens with two attached hydrogens (primary N) is 1. The average molecular weight is 296 g/mol. The van der Waals surface area contributed by atoms with Gasteiger partial charge in [-0.2, -0.15) is 0 Å². The molecular formula is C14H20N2O3S. The van der Waals surface area contributed by atoms with Crippen LogP contribution in [0.25, 0.3) is 0 Å². The zero-order chi connectivity index (χ0) is 15.6. The third kappa shape index (κ3) is 3.91. The third-order valence-electron chi connectivity index (χ3n) is 2.80. The van der Waals surface area contributed by atoms with Crippen molar-refractivity contribution >= 4 is 15.9 Å². The normalized spacial score (nSPS) is 12.0. The van der Waals surface area contributed by atoms with E-state index in [0.717, 1.165) is 0 Å². The summed E-state index contributed by atoms with van der Waals surface area (Å²) in [6.45, 7) is 9.83. The second kappa shape index (κ2) is 5.76. The number of primary sulfonamides is 1. The molecule has 20 heavy (non-hydrogen) atoms. The maximum absolute atomic E-state index is 12.4. The summed E-state index contributed by atoms with van der Waals surface area (Å²) in [4.78, 5) is 14.1. The van der Waals surface area contributed by atoms with Gasteiger partial charge in [-0.25, -0.2) is 13.6 Å². The van der Waals surface area contributed by atoms with Crippen molar-refractivity contribution in [2.75, 3.05) is 6.54 Å². The van der Waals surface area contributed by atoms with Crippen LogP contribution in [0.15, 0.2) is 41.8 Å². The molecule has 0 spiro atoms. The zero-order valence-corrected chi connectivity index (χ0v) is 12.8. The van der Waals surface area contributed by atoms with Crippen molar-refractivity contribution in [3.63, 3.8) is 0 Å². The highest BCUT2D eigenvalue weighted by Gasteiger charge is 2.26. The molecule has 0 aliphatic carbocycles. The van der Waals surface area contributed by atoms with Gasteiger partial charge < -0.3 is 4.90 Å². The molecular weight excluding hydrogens is 276 g/mol. The highest BCUT2D eigenvalue weighted by atomic mass is 32.2. The van der Waals surface area contributed by atoms with Crippen LogP contribution < -0.4 is 5.14 Å². The maximum atomic E-state index is 12.4. The van der Waals surface area contributed by atoms with Crippen LogP contribution in [0.5, 0.6) is 0 Å². The predicted octanol–water partition coefficient (Wildman–Crippen LogP) is 1.76. The van der Waals surface area contributed by atoms with E-state index in [1.807, 2.05) is 20.8 Å². The van der Waals surface area contributed by atoms with Gasteiger partial charge in [-0.3, -0.25) is 4.79 Å². The Balaban J connectivity index is 3.11. The average Bonchev–Trinajstić information content (AvgIpc) is 2.33. The maximum Gasteiger partial charge on any atom is 0.254 e. The molecule has 2 N–H and O–H groups in total. The molecule has 0 bridgehead atoms. The molecule has 0 atom stereocenters. The van der Waals surface area contributed by atoms with Gasteiger partial charge in [-0.15, -0.1) is 6.58 Å². The lowest BCUT2D eigenvalue weighted by molar-refractivity contribution is 0.0616. The molecule has 0 saturated heterocycles. The molecule has 0 saturated carbocycles. The van der Waals surface area contributed by atoms with Gasteiger partial charge in [0.25, 0.3) is 5.91 Å². The molecule has 110 valence electrons. The SMILES string of the molecule is C=CCN(C(=O)c1ccc(S(N)(=O)=O)cc1)C(C)(C)C. The van der Waals surface area contributed by atoms with Crippen molar-refractivity contribution in [2.45, 2.75) is 31.2 Å². The van der Waals surface area contributed by atoms with Gasteiger partial charge in [0, 0.05) is 17.6 Å². The number of benzene rings is 1. The van der Waals surface area contributed by atoms with Crippen LogP contribution in [0, 0.1) is 0 Å². The molecule has 1 aromatic rings. The second-order valence-corrected chi connectivity index (χ2v) is 7.01. The van der Waals surface area contributed by atoms with Gasteiger partial charge >= 0.3 is 0 Å². The molecule has 0 radical (unpaired) electrons. The highest BCUT2D eigenvalue weighted by molar-refractivity contribution is 7.89. The molecule has 0 aromatic heterocycles. The molecule has 0 aliphatic heterocycles. The van der Waals surface area contributed by atoms with E-state index in [1.54, 1.807) is 11.0 Å². The molecule has 1 amide bonds. The number of carbonyl (C=O) groups excluding carboxylic acids is 1. The Morgan fingerprint density at radius 3 is 2.15 bits per heavy atom. The van der Waals surface area contributed by atoms with Crippen LogP contribution in [-0.2, 0) is 10.0 Å². The van der Waals surface area contributed by atoms with Crippen molar-refractivity contribution in [1.82, 2.24) is 4.90 Å². The summed E-state index contributed by atoms with van der Waals surface area (Å²) in [5, 5.41) is 5.02. The van der Waals surface area contributed by atoms with Crippen molar-refractivity contribution in [3.05, 3.63) is 42.5 Å². The van der Waals surface area contributed by atoms with E-state index in [2.05, 4.69) is 6.58 Å². The van der Waals surface area contributed by atoms with Crippen LogP contribution in [0.2, 0.25) is 0 Å². The number of nitrogens with zero attached hydrogens (tertiary/aromatic N) is 1. The van der Waals surface area contributed by atoms with Crippen LogP contribution in [0.3, 0.4) is 0 Å². The highest BCUT2D eigenvalue weighted by Crippen LogP contribution is 2.18. The summed E-state index contributed by atoms with van der Waals surface area (Å²) in [6, 6.07) is 5.59. The minimum absolute atomic E-state index is 0.0138. The van der Waals surface area contributed by atoms with E-state index >= 15 is 0 Å².